The van der Waals surface area contributed by atoms with Crippen LogP contribution >= 0.6 is 11.6 Å². The van der Waals surface area contributed by atoms with Crippen LogP contribution in [0.1, 0.15) is 12.0 Å². The Labute approximate surface area is 110 Å². The molecule has 1 aliphatic rings. The van der Waals surface area contributed by atoms with Gasteiger partial charge in [0.15, 0.2) is 11.5 Å². The highest BCUT2D eigenvalue weighted by Gasteiger charge is 2.15. The molecule has 0 spiro atoms. The van der Waals surface area contributed by atoms with Crippen molar-refractivity contribution in [1.29, 1.82) is 0 Å². The van der Waals surface area contributed by atoms with E-state index in [2.05, 4.69) is 5.32 Å². The second-order valence-electron chi connectivity index (χ2n) is 4.03. The summed E-state index contributed by atoms with van der Waals surface area (Å²) in [5, 5.41) is 3.44. The zero-order valence-corrected chi connectivity index (χ0v) is 10.6. The van der Waals surface area contributed by atoms with Gasteiger partial charge in [0.25, 0.3) is 0 Å². The Balaban J connectivity index is 2.10. The molecule has 1 aliphatic heterocycles. The molecule has 0 aromatic heterocycles. The molecule has 1 aromatic rings. The van der Waals surface area contributed by atoms with Crippen LogP contribution in [0.25, 0.3) is 0 Å². The molecule has 0 atom stereocenters. The van der Waals surface area contributed by atoms with Gasteiger partial charge in [-0.2, -0.15) is 0 Å². The monoisotopic (exact) mass is 270 g/mol. The quantitative estimate of drug-likeness (QED) is 0.859. The van der Waals surface area contributed by atoms with Crippen molar-refractivity contribution < 1.29 is 14.3 Å². The minimum atomic E-state index is -0.393. The summed E-state index contributed by atoms with van der Waals surface area (Å²) in [7, 11) is 0. The number of primary amides is 1. The predicted octanol–water partition coefficient (Wildman–Crippen LogP) is 1.08. The molecule has 18 heavy (non-hydrogen) atoms. The molecule has 1 heterocycles. The van der Waals surface area contributed by atoms with Gasteiger partial charge >= 0.3 is 0 Å². The maximum Gasteiger partial charge on any atom is 0.231 e. The number of nitrogens with one attached hydrogen (secondary N) is 1. The van der Waals surface area contributed by atoms with Gasteiger partial charge in [-0.3, -0.25) is 4.79 Å². The molecule has 0 saturated carbocycles. The van der Waals surface area contributed by atoms with Gasteiger partial charge in [-0.05, 0) is 17.7 Å². The van der Waals surface area contributed by atoms with Crippen LogP contribution in [-0.4, -0.2) is 25.7 Å². The summed E-state index contributed by atoms with van der Waals surface area (Å²) in [6.45, 7) is 1.85. The van der Waals surface area contributed by atoms with Crippen molar-refractivity contribution >= 4 is 17.5 Å². The standard InChI is InChI=1S/C12H15ClN2O3/c13-9-4-8(6-15-7-11(14)16)5-10-12(9)18-3-1-2-17-10/h4-5,15H,1-3,6-7H2,(H2,14,16). The number of hydrogen-bond donors (Lipinski definition) is 2. The van der Waals surface area contributed by atoms with Crippen LogP contribution in [0.2, 0.25) is 5.02 Å². The van der Waals surface area contributed by atoms with Gasteiger partial charge in [0.2, 0.25) is 5.91 Å². The first kappa shape index (κ1) is 13.0. The highest BCUT2D eigenvalue weighted by molar-refractivity contribution is 6.32. The average molecular weight is 271 g/mol. The molecule has 0 fully saturated rings. The third kappa shape index (κ3) is 3.27. The number of benzene rings is 1. The van der Waals surface area contributed by atoms with E-state index in [1.807, 2.05) is 6.07 Å². The third-order valence-corrected chi connectivity index (χ3v) is 2.77. The minimum absolute atomic E-state index is 0.131. The van der Waals surface area contributed by atoms with Gasteiger partial charge in [0.05, 0.1) is 24.8 Å². The number of rotatable bonds is 4. The van der Waals surface area contributed by atoms with Crippen LogP contribution in [0.4, 0.5) is 0 Å². The lowest BCUT2D eigenvalue weighted by Crippen LogP contribution is -2.28. The topological polar surface area (TPSA) is 73.6 Å². The number of amides is 1. The molecule has 0 radical (unpaired) electrons. The van der Waals surface area contributed by atoms with Crippen LogP contribution in [0.5, 0.6) is 11.5 Å². The Kier molecular flexibility index (Phi) is 4.28. The lowest BCUT2D eigenvalue weighted by molar-refractivity contribution is -0.117. The molecule has 98 valence electrons. The smallest absolute Gasteiger partial charge is 0.231 e. The molecule has 1 aromatic carbocycles. The Bertz CT molecular complexity index is 451. The van der Waals surface area contributed by atoms with E-state index in [9.17, 15) is 4.79 Å². The van der Waals surface area contributed by atoms with E-state index in [0.717, 1.165) is 12.0 Å². The lowest BCUT2D eigenvalue weighted by atomic mass is 10.2. The van der Waals surface area contributed by atoms with E-state index in [4.69, 9.17) is 26.8 Å². The van der Waals surface area contributed by atoms with Gasteiger partial charge in [-0.25, -0.2) is 0 Å². The van der Waals surface area contributed by atoms with Crippen molar-refractivity contribution in [1.82, 2.24) is 5.32 Å². The van der Waals surface area contributed by atoms with Gasteiger partial charge in [0.1, 0.15) is 0 Å². The van der Waals surface area contributed by atoms with Crippen molar-refractivity contribution in [2.75, 3.05) is 19.8 Å². The van der Waals surface area contributed by atoms with Gasteiger partial charge < -0.3 is 20.5 Å². The zero-order valence-electron chi connectivity index (χ0n) is 9.87. The van der Waals surface area contributed by atoms with Crippen molar-refractivity contribution in [3.05, 3.63) is 22.7 Å². The van der Waals surface area contributed by atoms with Crippen molar-refractivity contribution in [3.63, 3.8) is 0 Å². The highest BCUT2D eigenvalue weighted by Crippen LogP contribution is 2.37. The van der Waals surface area contributed by atoms with Gasteiger partial charge in [0, 0.05) is 13.0 Å². The number of carbonyl (C=O) groups excluding carboxylic acids is 1. The summed E-state index contributed by atoms with van der Waals surface area (Å²) in [5.41, 5.74) is 5.97. The fraction of sp³-hybridized carbons (Fsp3) is 0.417. The third-order valence-electron chi connectivity index (χ3n) is 2.49. The van der Waals surface area contributed by atoms with E-state index >= 15 is 0 Å². The van der Waals surface area contributed by atoms with E-state index in [0.29, 0.717) is 36.3 Å². The van der Waals surface area contributed by atoms with Crippen LogP contribution in [0, 0.1) is 0 Å². The second kappa shape index (κ2) is 5.93. The van der Waals surface area contributed by atoms with Crippen LogP contribution < -0.4 is 20.5 Å². The maximum absolute atomic E-state index is 10.6. The number of halogens is 1. The summed E-state index contributed by atoms with van der Waals surface area (Å²) >= 11 is 6.14. The molecule has 5 nitrogen and oxygen atoms in total. The molecule has 0 unspecified atom stereocenters. The lowest BCUT2D eigenvalue weighted by Gasteiger charge is -2.11. The normalized spacial score (nSPS) is 14.1. The molecule has 1 amide bonds. The Morgan fingerprint density at radius 1 is 1.39 bits per heavy atom. The number of fused-ring (bicyclic) bond motifs is 1. The average Bonchev–Trinajstić information content (AvgIpc) is 2.54. The second-order valence-corrected chi connectivity index (χ2v) is 4.43. The fourth-order valence-corrected chi connectivity index (χ4v) is 2.00. The molecule has 2 rings (SSSR count). The van der Waals surface area contributed by atoms with E-state index < -0.39 is 5.91 Å². The van der Waals surface area contributed by atoms with Crippen molar-refractivity contribution in [2.45, 2.75) is 13.0 Å². The Morgan fingerprint density at radius 2 is 2.17 bits per heavy atom. The van der Waals surface area contributed by atoms with Crippen LogP contribution in [0.15, 0.2) is 12.1 Å². The number of ether oxygens (including phenoxy) is 2. The SMILES string of the molecule is NC(=O)CNCc1cc(Cl)c2c(c1)OCCCO2. The largest absolute Gasteiger partial charge is 0.489 e. The fourth-order valence-electron chi connectivity index (χ4n) is 1.72. The van der Waals surface area contributed by atoms with Crippen LogP contribution in [-0.2, 0) is 11.3 Å². The van der Waals surface area contributed by atoms with E-state index in [-0.39, 0.29) is 6.54 Å². The summed E-state index contributed by atoms with van der Waals surface area (Å²) in [6, 6.07) is 3.66. The number of carbonyl (C=O) groups is 1. The molecule has 0 aliphatic carbocycles. The van der Waals surface area contributed by atoms with Crippen molar-refractivity contribution in [2.24, 2.45) is 5.73 Å². The molecular weight excluding hydrogens is 256 g/mol. The van der Waals surface area contributed by atoms with Crippen molar-refractivity contribution in [3.8, 4) is 11.5 Å². The maximum atomic E-state index is 10.6. The highest BCUT2D eigenvalue weighted by atomic mass is 35.5. The summed E-state index contributed by atoms with van der Waals surface area (Å²) < 4.78 is 11.1. The molecule has 0 saturated heterocycles. The van der Waals surface area contributed by atoms with Gasteiger partial charge in [-0.1, -0.05) is 11.6 Å². The van der Waals surface area contributed by atoms with E-state index in [1.54, 1.807) is 6.07 Å². The minimum Gasteiger partial charge on any atom is -0.489 e. The Hall–Kier alpha value is -1.46. The number of hydrogen-bond acceptors (Lipinski definition) is 4. The van der Waals surface area contributed by atoms with Gasteiger partial charge in [-0.15, -0.1) is 0 Å². The van der Waals surface area contributed by atoms with E-state index in [1.165, 1.54) is 0 Å². The predicted molar refractivity (Wildman–Crippen MR) is 68.0 cm³/mol. The zero-order chi connectivity index (χ0) is 13.0. The first-order valence-corrected chi connectivity index (χ1v) is 6.11. The Morgan fingerprint density at radius 3 is 2.94 bits per heavy atom. The summed E-state index contributed by atoms with van der Waals surface area (Å²) in [6.07, 6.45) is 0.834. The molecule has 0 bridgehead atoms. The number of nitrogens with two attached hydrogens (primary N) is 1. The molecule has 6 heteroatoms. The summed E-state index contributed by atoms with van der Waals surface area (Å²) in [4.78, 5) is 10.6. The first-order chi connectivity index (χ1) is 8.66. The molecule has 3 N–H and O–H groups in total. The summed E-state index contributed by atoms with van der Waals surface area (Å²) in [5.74, 6) is 0.846. The first-order valence-electron chi connectivity index (χ1n) is 5.74. The molecular formula is C12H15ClN2O3. The van der Waals surface area contributed by atoms with Crippen LogP contribution in [0.3, 0.4) is 0 Å².